The molecule has 0 N–H and O–H groups in total. The highest BCUT2D eigenvalue weighted by Crippen LogP contribution is 2.16. The highest BCUT2D eigenvalue weighted by atomic mass is 19.1. The molecule has 0 unspecified atom stereocenters. The number of carbonyl (C=O) groups excluding carboxylic acids is 1. The molecule has 0 aliphatic heterocycles. The Balaban J connectivity index is 2.92. The van der Waals surface area contributed by atoms with Gasteiger partial charge in [-0.25, -0.2) is 4.39 Å². The van der Waals surface area contributed by atoms with E-state index in [1.807, 2.05) is 13.8 Å². The van der Waals surface area contributed by atoms with E-state index >= 15 is 0 Å². The van der Waals surface area contributed by atoms with Gasteiger partial charge in [-0.3, -0.25) is 4.79 Å². The van der Waals surface area contributed by atoms with Crippen molar-refractivity contribution in [2.45, 2.75) is 13.8 Å². The second-order valence-corrected chi connectivity index (χ2v) is 3.62. The van der Waals surface area contributed by atoms with Crippen LogP contribution >= 0.6 is 0 Å². The summed E-state index contributed by atoms with van der Waals surface area (Å²) in [6, 6.07) is 5.85. The van der Waals surface area contributed by atoms with Crippen LogP contribution in [0.25, 0.3) is 0 Å². The molecule has 0 fully saturated rings. The van der Waals surface area contributed by atoms with Crippen LogP contribution in [0.2, 0.25) is 0 Å². The number of anilines is 1. The summed E-state index contributed by atoms with van der Waals surface area (Å²) >= 11 is 0. The zero-order valence-electron chi connectivity index (χ0n) is 9.03. The third-order valence-corrected chi connectivity index (χ3v) is 2.12. The van der Waals surface area contributed by atoms with Gasteiger partial charge < -0.3 is 4.90 Å². The molecule has 1 radical (unpaired) electrons. The fourth-order valence-corrected chi connectivity index (χ4v) is 1.30. The number of benzene rings is 1. The van der Waals surface area contributed by atoms with Crippen molar-refractivity contribution in [2.75, 3.05) is 11.4 Å². The van der Waals surface area contributed by atoms with Crippen molar-refractivity contribution in [3.8, 4) is 0 Å². The molecule has 0 bridgehead atoms. The summed E-state index contributed by atoms with van der Waals surface area (Å²) in [5, 5.41) is 0. The molecule has 0 aromatic heterocycles. The molecule has 0 saturated carbocycles. The molecule has 0 aliphatic carbocycles. The highest BCUT2D eigenvalue weighted by Gasteiger charge is 2.16. The Morgan fingerprint density at radius 3 is 2.33 bits per heavy atom. The van der Waals surface area contributed by atoms with Crippen molar-refractivity contribution >= 4 is 11.6 Å². The van der Waals surface area contributed by atoms with Crippen LogP contribution in [0.5, 0.6) is 0 Å². The first-order valence-corrected chi connectivity index (χ1v) is 4.92. The molecule has 81 valence electrons. The van der Waals surface area contributed by atoms with E-state index in [9.17, 15) is 9.18 Å². The van der Waals surface area contributed by atoms with E-state index in [0.717, 1.165) is 0 Å². The lowest BCUT2D eigenvalue weighted by Crippen LogP contribution is -2.34. The van der Waals surface area contributed by atoms with Gasteiger partial charge in [-0.15, -0.1) is 0 Å². The molecule has 0 saturated heterocycles. The molecule has 15 heavy (non-hydrogen) atoms. The number of rotatable bonds is 3. The van der Waals surface area contributed by atoms with Crippen LogP contribution in [0.1, 0.15) is 13.8 Å². The van der Waals surface area contributed by atoms with Crippen LogP contribution in [-0.2, 0) is 4.79 Å². The smallest absolute Gasteiger partial charge is 0.229 e. The summed E-state index contributed by atoms with van der Waals surface area (Å²) in [5.74, 6) is -0.395. The van der Waals surface area contributed by atoms with Gasteiger partial charge >= 0.3 is 0 Å². The summed E-state index contributed by atoms with van der Waals surface area (Å²) in [4.78, 5) is 13.3. The van der Waals surface area contributed by atoms with Crippen LogP contribution < -0.4 is 4.90 Å². The predicted octanol–water partition coefficient (Wildman–Crippen LogP) is 2.65. The van der Waals surface area contributed by atoms with Crippen molar-refractivity contribution in [3.63, 3.8) is 0 Å². The standard InChI is InChI=1S/C12H15FNO/c1-4-14(12(15)9(2)3)11-7-5-10(13)6-8-11/h5-9H,1,4H2,2-3H3. The summed E-state index contributed by atoms with van der Waals surface area (Å²) < 4.78 is 12.7. The van der Waals surface area contributed by atoms with E-state index in [0.29, 0.717) is 12.2 Å². The number of carbonyl (C=O) groups is 1. The molecular formula is C12H15FNO. The Morgan fingerprint density at radius 1 is 1.40 bits per heavy atom. The highest BCUT2D eigenvalue weighted by molar-refractivity contribution is 5.94. The monoisotopic (exact) mass is 208 g/mol. The quantitative estimate of drug-likeness (QED) is 0.747. The van der Waals surface area contributed by atoms with Crippen molar-refractivity contribution in [3.05, 3.63) is 37.0 Å². The summed E-state index contributed by atoms with van der Waals surface area (Å²) in [6.07, 6.45) is 0. The minimum Gasteiger partial charge on any atom is -0.312 e. The topological polar surface area (TPSA) is 20.3 Å². The van der Waals surface area contributed by atoms with Crippen molar-refractivity contribution in [2.24, 2.45) is 5.92 Å². The van der Waals surface area contributed by atoms with E-state index in [2.05, 4.69) is 6.92 Å². The van der Waals surface area contributed by atoms with Gasteiger partial charge in [-0.1, -0.05) is 13.8 Å². The van der Waals surface area contributed by atoms with E-state index in [1.165, 1.54) is 12.1 Å². The van der Waals surface area contributed by atoms with Gasteiger partial charge in [0.05, 0.1) is 0 Å². The molecule has 1 amide bonds. The second-order valence-electron chi connectivity index (χ2n) is 3.62. The first-order valence-electron chi connectivity index (χ1n) is 4.92. The fraction of sp³-hybridized carbons (Fsp3) is 0.333. The van der Waals surface area contributed by atoms with Crippen molar-refractivity contribution in [1.82, 2.24) is 0 Å². The lowest BCUT2D eigenvalue weighted by molar-refractivity contribution is -0.121. The van der Waals surface area contributed by atoms with Gasteiger partial charge in [-0.2, -0.15) is 0 Å². The maximum absolute atomic E-state index is 12.7. The van der Waals surface area contributed by atoms with Crippen LogP contribution in [0.3, 0.4) is 0 Å². The molecule has 3 heteroatoms. The van der Waals surface area contributed by atoms with Crippen LogP contribution in [0, 0.1) is 18.7 Å². The number of hydrogen-bond acceptors (Lipinski definition) is 1. The van der Waals surface area contributed by atoms with Gasteiger partial charge in [-0.05, 0) is 31.2 Å². The Kier molecular flexibility index (Phi) is 3.83. The van der Waals surface area contributed by atoms with E-state index in [1.54, 1.807) is 17.0 Å². The first kappa shape index (κ1) is 11.7. The largest absolute Gasteiger partial charge is 0.312 e. The molecule has 1 aromatic carbocycles. The Morgan fingerprint density at radius 2 is 1.93 bits per heavy atom. The van der Waals surface area contributed by atoms with Crippen LogP contribution in [-0.4, -0.2) is 12.5 Å². The lowest BCUT2D eigenvalue weighted by Gasteiger charge is -2.22. The molecule has 1 aromatic rings. The Hall–Kier alpha value is -1.38. The summed E-state index contributed by atoms with van der Waals surface area (Å²) in [5.41, 5.74) is 0.685. The summed E-state index contributed by atoms with van der Waals surface area (Å²) in [7, 11) is 0. The molecule has 2 nitrogen and oxygen atoms in total. The van der Waals surface area contributed by atoms with Gasteiger partial charge in [0.15, 0.2) is 0 Å². The van der Waals surface area contributed by atoms with Crippen LogP contribution in [0.15, 0.2) is 24.3 Å². The van der Waals surface area contributed by atoms with Gasteiger partial charge in [0.25, 0.3) is 0 Å². The third-order valence-electron chi connectivity index (χ3n) is 2.12. The zero-order chi connectivity index (χ0) is 11.4. The second kappa shape index (κ2) is 4.91. The SMILES string of the molecule is [CH2]CN(C(=O)C(C)C)c1ccc(F)cc1. The van der Waals surface area contributed by atoms with E-state index < -0.39 is 0 Å². The van der Waals surface area contributed by atoms with Gasteiger partial charge in [0, 0.05) is 18.2 Å². The van der Waals surface area contributed by atoms with Crippen molar-refractivity contribution < 1.29 is 9.18 Å². The maximum Gasteiger partial charge on any atom is 0.229 e. The molecule has 0 aliphatic rings. The number of halogens is 1. The summed E-state index contributed by atoms with van der Waals surface area (Å²) in [6.45, 7) is 7.71. The van der Waals surface area contributed by atoms with Gasteiger partial charge in [0.1, 0.15) is 5.82 Å². The zero-order valence-corrected chi connectivity index (χ0v) is 9.03. The average molecular weight is 208 g/mol. The number of nitrogens with zero attached hydrogens (tertiary/aromatic N) is 1. The minimum absolute atomic E-state index is 0.00314. The average Bonchev–Trinajstić information content (AvgIpc) is 2.21. The minimum atomic E-state index is -0.306. The predicted molar refractivity (Wildman–Crippen MR) is 58.9 cm³/mol. The van der Waals surface area contributed by atoms with Crippen molar-refractivity contribution in [1.29, 1.82) is 0 Å². The van der Waals surface area contributed by atoms with Gasteiger partial charge in [0.2, 0.25) is 5.91 Å². The van der Waals surface area contributed by atoms with E-state index in [4.69, 9.17) is 0 Å². The molecule has 0 atom stereocenters. The third kappa shape index (κ3) is 2.78. The molecule has 0 heterocycles. The normalized spacial score (nSPS) is 10.5. The Labute approximate surface area is 89.7 Å². The number of amides is 1. The lowest BCUT2D eigenvalue weighted by atomic mass is 10.1. The van der Waals surface area contributed by atoms with E-state index in [-0.39, 0.29) is 17.6 Å². The Bertz CT molecular complexity index is 332. The molecular weight excluding hydrogens is 193 g/mol. The first-order chi connectivity index (χ1) is 7.06. The molecule has 0 spiro atoms. The van der Waals surface area contributed by atoms with Crippen LogP contribution in [0.4, 0.5) is 10.1 Å². The molecule has 1 rings (SSSR count). The fourth-order valence-electron chi connectivity index (χ4n) is 1.30. The number of hydrogen-bond donors (Lipinski definition) is 0. The maximum atomic E-state index is 12.7.